The standard InChI is InChI=1S/2C13H10N2O2.Zn/c2*14-10-6-2-4-8-12(10)15-11-7-3-1-5-9(11)13(16)17;/h2*1-8,14H,(H,16,17);/q2*-2;+2/p-2. The number of carboxylic acids is 2. The SMILES string of the molecule is [NH-]c1ccccc1[N-]c1ccccc1C(=O)[O-].[NH-]c1ccccc1[N-]c1ccccc1C(=O)[O-].[Zn+2]. The van der Waals surface area contributed by atoms with Crippen molar-refractivity contribution < 1.29 is 39.3 Å². The largest absolute Gasteiger partial charge is 2.00 e. The van der Waals surface area contributed by atoms with E-state index in [2.05, 4.69) is 10.6 Å². The van der Waals surface area contributed by atoms with Gasteiger partial charge >= 0.3 is 19.5 Å². The van der Waals surface area contributed by atoms with E-state index in [1.807, 2.05) is 0 Å². The van der Waals surface area contributed by atoms with Crippen LogP contribution in [0.4, 0.5) is 34.1 Å². The molecule has 0 saturated carbocycles. The van der Waals surface area contributed by atoms with Crippen molar-refractivity contribution in [2.75, 3.05) is 0 Å². The van der Waals surface area contributed by atoms with Crippen LogP contribution < -0.4 is 10.2 Å². The third kappa shape index (κ3) is 7.32. The topological polar surface area (TPSA) is 156 Å². The molecule has 0 aliphatic heterocycles. The molecule has 4 rings (SSSR count). The fourth-order valence-electron chi connectivity index (χ4n) is 2.89. The predicted octanol–water partition coefficient (Wildman–Crippen LogP) is 6.14. The van der Waals surface area contributed by atoms with Crippen molar-refractivity contribution in [3.05, 3.63) is 130 Å². The monoisotopic (exact) mass is 514 g/mol. The number of carbonyl (C=O) groups excluding carboxylic acids is 2. The number of hydrogen-bond acceptors (Lipinski definition) is 4. The molecule has 0 amide bonds. The summed E-state index contributed by atoms with van der Waals surface area (Å²) in [6.07, 6.45) is 0. The molecule has 4 aromatic rings. The van der Waals surface area contributed by atoms with E-state index in [1.165, 1.54) is 12.1 Å². The first kappa shape index (κ1) is 26.9. The summed E-state index contributed by atoms with van der Waals surface area (Å²) >= 11 is 0. The molecule has 0 unspecified atom stereocenters. The zero-order valence-corrected chi connectivity index (χ0v) is 21.4. The van der Waals surface area contributed by atoms with E-state index in [1.54, 1.807) is 84.9 Å². The molecular formula is C26H18N4O4Zn-4. The van der Waals surface area contributed by atoms with Crippen molar-refractivity contribution in [2.24, 2.45) is 0 Å². The number of rotatable bonds is 6. The van der Waals surface area contributed by atoms with Crippen molar-refractivity contribution in [1.82, 2.24) is 0 Å². The van der Waals surface area contributed by atoms with Crippen molar-refractivity contribution in [3.8, 4) is 0 Å². The molecule has 4 aromatic carbocycles. The summed E-state index contributed by atoms with van der Waals surface area (Å²) in [6, 6.07) is 26.1. The van der Waals surface area contributed by atoms with Gasteiger partial charge in [-0.25, -0.2) is 0 Å². The number of para-hydroxylation sites is 4. The fraction of sp³-hybridized carbons (Fsp3) is 0. The minimum absolute atomic E-state index is 0. The van der Waals surface area contributed by atoms with Gasteiger partial charge in [0.1, 0.15) is 0 Å². The van der Waals surface area contributed by atoms with Crippen LogP contribution in [-0.2, 0) is 19.5 Å². The molecule has 0 aliphatic carbocycles. The van der Waals surface area contributed by atoms with Crippen LogP contribution in [0.2, 0.25) is 0 Å². The Kier molecular flexibility index (Phi) is 9.81. The molecule has 2 N–H and O–H groups in total. The van der Waals surface area contributed by atoms with Gasteiger partial charge in [0.15, 0.2) is 0 Å². The molecule has 0 heterocycles. The molecule has 8 nitrogen and oxygen atoms in total. The first-order chi connectivity index (χ1) is 16.4. The van der Waals surface area contributed by atoms with Crippen LogP contribution in [0.1, 0.15) is 20.7 Å². The van der Waals surface area contributed by atoms with Crippen LogP contribution in [0.3, 0.4) is 0 Å². The maximum Gasteiger partial charge on any atom is 2.00 e. The van der Waals surface area contributed by atoms with E-state index < -0.39 is 11.9 Å². The smallest absolute Gasteiger partial charge is 0.700 e. The number of benzene rings is 4. The second-order valence-electron chi connectivity index (χ2n) is 6.87. The average molecular weight is 516 g/mol. The quantitative estimate of drug-likeness (QED) is 0.282. The van der Waals surface area contributed by atoms with Crippen LogP contribution in [0.5, 0.6) is 0 Å². The van der Waals surface area contributed by atoms with Gasteiger partial charge in [0.2, 0.25) is 0 Å². The number of nitrogens with zero attached hydrogens (tertiary/aromatic N) is 2. The van der Waals surface area contributed by atoms with E-state index in [0.29, 0.717) is 22.7 Å². The molecule has 0 atom stereocenters. The van der Waals surface area contributed by atoms with E-state index >= 15 is 0 Å². The molecule has 0 aromatic heterocycles. The Morgan fingerprint density at radius 3 is 1.11 bits per heavy atom. The van der Waals surface area contributed by atoms with E-state index in [9.17, 15) is 19.8 Å². The first-order valence-electron chi connectivity index (χ1n) is 10.0. The Balaban J connectivity index is 0.000000240. The van der Waals surface area contributed by atoms with Crippen LogP contribution >= 0.6 is 0 Å². The Hall–Kier alpha value is -4.36. The van der Waals surface area contributed by atoms with E-state index in [0.717, 1.165) is 0 Å². The Morgan fingerprint density at radius 1 is 0.514 bits per heavy atom. The molecule has 0 bridgehead atoms. The van der Waals surface area contributed by atoms with Gasteiger partial charge in [-0.2, -0.15) is 22.7 Å². The summed E-state index contributed by atoms with van der Waals surface area (Å²) < 4.78 is 0. The van der Waals surface area contributed by atoms with E-state index in [-0.39, 0.29) is 42.0 Å². The summed E-state index contributed by atoms with van der Waals surface area (Å²) in [4.78, 5) is 21.8. The third-order valence-corrected chi connectivity index (χ3v) is 4.54. The maximum absolute atomic E-state index is 10.9. The zero-order valence-electron chi connectivity index (χ0n) is 18.5. The minimum atomic E-state index is -1.27. The Morgan fingerprint density at radius 2 is 0.800 bits per heavy atom. The fourth-order valence-corrected chi connectivity index (χ4v) is 2.89. The van der Waals surface area contributed by atoms with Gasteiger partial charge in [-0.3, -0.25) is 0 Å². The number of nitrogens with one attached hydrogen (secondary N) is 2. The normalized spacial score (nSPS) is 9.60. The number of carbonyl (C=O) groups is 2. The summed E-state index contributed by atoms with van der Waals surface area (Å²) in [5, 5.41) is 30.1. The summed E-state index contributed by atoms with van der Waals surface area (Å²) in [6.45, 7) is 0. The average Bonchev–Trinajstić information content (AvgIpc) is 2.83. The second-order valence-corrected chi connectivity index (χ2v) is 6.87. The van der Waals surface area contributed by atoms with Crippen molar-refractivity contribution >= 4 is 46.1 Å². The number of hydrogen-bond donors (Lipinski definition) is 0. The molecule has 0 radical (unpaired) electrons. The second kappa shape index (κ2) is 12.8. The summed E-state index contributed by atoms with van der Waals surface area (Å²) in [7, 11) is 0. The van der Waals surface area contributed by atoms with Gasteiger partial charge in [0.05, 0.1) is 11.9 Å². The van der Waals surface area contributed by atoms with Crippen LogP contribution in [0.15, 0.2) is 97.1 Å². The zero-order chi connectivity index (χ0) is 24.5. The Bertz CT molecular complexity index is 1210. The molecule has 0 aliphatic rings. The summed E-state index contributed by atoms with van der Waals surface area (Å²) in [5.41, 5.74) is 17.3. The molecule has 0 saturated heterocycles. The van der Waals surface area contributed by atoms with Crippen molar-refractivity contribution in [2.45, 2.75) is 0 Å². The van der Waals surface area contributed by atoms with Crippen molar-refractivity contribution in [3.63, 3.8) is 0 Å². The number of carboxylic acid groups (broad SMARTS) is 2. The van der Waals surface area contributed by atoms with Gasteiger partial charge in [-0.1, -0.05) is 97.1 Å². The number of aromatic carboxylic acids is 2. The molecular weight excluding hydrogens is 498 g/mol. The van der Waals surface area contributed by atoms with Crippen LogP contribution in [0.25, 0.3) is 22.1 Å². The first-order valence-corrected chi connectivity index (χ1v) is 10.0. The molecule has 0 fully saturated rings. The molecule has 9 heteroatoms. The van der Waals surface area contributed by atoms with Crippen LogP contribution in [0, 0.1) is 0 Å². The molecule has 0 spiro atoms. The molecule has 35 heavy (non-hydrogen) atoms. The predicted molar refractivity (Wildman–Crippen MR) is 128 cm³/mol. The maximum atomic E-state index is 10.9. The van der Waals surface area contributed by atoms with E-state index in [4.69, 9.17) is 11.5 Å². The van der Waals surface area contributed by atoms with Crippen LogP contribution in [-0.4, -0.2) is 11.9 Å². The van der Waals surface area contributed by atoms with Gasteiger partial charge in [0.25, 0.3) is 0 Å². The minimum Gasteiger partial charge on any atom is -0.700 e. The van der Waals surface area contributed by atoms with Crippen molar-refractivity contribution in [1.29, 1.82) is 0 Å². The van der Waals surface area contributed by atoms with Gasteiger partial charge in [0, 0.05) is 0 Å². The van der Waals surface area contributed by atoms with Gasteiger partial charge in [-0.05, 0) is 11.1 Å². The Labute approximate surface area is 215 Å². The van der Waals surface area contributed by atoms with Gasteiger partial charge in [-0.15, -0.1) is 11.4 Å². The van der Waals surface area contributed by atoms with Gasteiger partial charge < -0.3 is 41.9 Å². The third-order valence-electron chi connectivity index (χ3n) is 4.54. The summed E-state index contributed by atoms with van der Waals surface area (Å²) in [5.74, 6) is -2.54. The molecule has 172 valence electrons.